The van der Waals surface area contributed by atoms with Gasteiger partial charge < -0.3 is 20.3 Å². The molecule has 0 aliphatic carbocycles. The van der Waals surface area contributed by atoms with Crippen molar-refractivity contribution in [3.63, 3.8) is 0 Å². The highest BCUT2D eigenvalue weighted by Gasteiger charge is 2.36. The van der Waals surface area contributed by atoms with Crippen LogP contribution in [0.1, 0.15) is 46.5 Å². The molecule has 0 radical (unpaired) electrons. The third-order valence-corrected chi connectivity index (χ3v) is 3.52. The van der Waals surface area contributed by atoms with E-state index in [0.717, 1.165) is 25.8 Å². The summed E-state index contributed by atoms with van der Waals surface area (Å²) in [6.07, 6.45) is 2.48. The highest BCUT2D eigenvalue weighted by molar-refractivity contribution is 5.80. The Morgan fingerprint density at radius 2 is 1.74 bits per heavy atom. The van der Waals surface area contributed by atoms with Gasteiger partial charge in [0.15, 0.2) is 0 Å². The number of rotatable bonds is 2. The molecule has 2 atom stereocenters. The summed E-state index contributed by atoms with van der Waals surface area (Å²) in [5.74, 6) is -1.68. The van der Waals surface area contributed by atoms with Crippen molar-refractivity contribution in [1.82, 2.24) is 10.2 Å². The Bertz CT molecular complexity index is 440. The smallest absolute Gasteiger partial charge is 0.411 e. The summed E-state index contributed by atoms with van der Waals surface area (Å²) in [7, 11) is 0. The van der Waals surface area contributed by atoms with Gasteiger partial charge in [0.05, 0.1) is 0 Å². The SMILES string of the molecule is CC(C)(C)OC(=O)N1CCCC1C(=O)O.O=C(O)C1CCCN1. The zero-order valence-electron chi connectivity index (χ0n) is 13.9. The van der Waals surface area contributed by atoms with E-state index in [1.807, 2.05) is 0 Å². The molecule has 2 rings (SSSR count). The van der Waals surface area contributed by atoms with E-state index in [4.69, 9.17) is 14.9 Å². The zero-order valence-corrected chi connectivity index (χ0v) is 13.9. The lowest BCUT2D eigenvalue weighted by Crippen LogP contribution is -2.43. The third kappa shape index (κ3) is 6.43. The Kier molecular flexibility index (Phi) is 6.80. The number of nitrogens with zero attached hydrogens (tertiary/aromatic N) is 1. The number of carboxylic acids is 2. The van der Waals surface area contributed by atoms with Gasteiger partial charge in [0.25, 0.3) is 0 Å². The van der Waals surface area contributed by atoms with Crippen LogP contribution in [0.25, 0.3) is 0 Å². The van der Waals surface area contributed by atoms with Gasteiger partial charge in [0.1, 0.15) is 17.7 Å². The molecule has 2 fully saturated rings. The molecule has 132 valence electrons. The monoisotopic (exact) mass is 330 g/mol. The molecule has 2 aliphatic rings. The molecule has 0 saturated carbocycles. The van der Waals surface area contributed by atoms with Crippen molar-refractivity contribution in [2.75, 3.05) is 13.1 Å². The van der Waals surface area contributed by atoms with Crippen LogP contribution < -0.4 is 5.32 Å². The first-order valence-electron chi connectivity index (χ1n) is 7.80. The molecule has 2 aliphatic heterocycles. The topological polar surface area (TPSA) is 116 Å². The molecule has 3 N–H and O–H groups in total. The molecule has 23 heavy (non-hydrogen) atoms. The van der Waals surface area contributed by atoms with Crippen molar-refractivity contribution in [3.8, 4) is 0 Å². The van der Waals surface area contributed by atoms with Crippen molar-refractivity contribution in [1.29, 1.82) is 0 Å². The number of ether oxygens (including phenoxy) is 1. The highest BCUT2D eigenvalue weighted by atomic mass is 16.6. The lowest BCUT2D eigenvalue weighted by atomic mass is 10.2. The van der Waals surface area contributed by atoms with Crippen molar-refractivity contribution in [2.45, 2.75) is 64.1 Å². The minimum Gasteiger partial charge on any atom is -0.480 e. The Labute approximate surface area is 135 Å². The Balaban J connectivity index is 0.000000277. The van der Waals surface area contributed by atoms with Crippen molar-refractivity contribution in [2.24, 2.45) is 0 Å². The maximum absolute atomic E-state index is 11.6. The van der Waals surface area contributed by atoms with Gasteiger partial charge in [-0.3, -0.25) is 9.69 Å². The van der Waals surface area contributed by atoms with E-state index in [0.29, 0.717) is 13.0 Å². The normalized spacial score (nSPS) is 23.9. The second-order valence-corrected chi connectivity index (χ2v) is 6.66. The number of aliphatic carboxylic acids is 2. The summed E-state index contributed by atoms with van der Waals surface area (Å²) in [4.78, 5) is 33.9. The summed E-state index contributed by atoms with van der Waals surface area (Å²) < 4.78 is 5.13. The lowest BCUT2D eigenvalue weighted by molar-refractivity contribution is -0.142. The van der Waals surface area contributed by atoms with E-state index in [1.54, 1.807) is 20.8 Å². The van der Waals surface area contributed by atoms with Crippen molar-refractivity contribution in [3.05, 3.63) is 0 Å². The number of carbonyl (C=O) groups excluding carboxylic acids is 1. The molecular formula is C15H26N2O6. The Hall–Kier alpha value is -1.83. The van der Waals surface area contributed by atoms with Crippen LogP contribution in [0.2, 0.25) is 0 Å². The fraction of sp³-hybridized carbons (Fsp3) is 0.800. The quantitative estimate of drug-likeness (QED) is 0.698. The summed E-state index contributed by atoms with van der Waals surface area (Å²) in [6, 6.07) is -0.991. The second kappa shape index (κ2) is 8.14. The first kappa shape index (κ1) is 19.2. The van der Waals surface area contributed by atoms with Crippen LogP contribution in [-0.4, -0.2) is 63.9 Å². The number of nitrogens with one attached hydrogen (secondary N) is 1. The minimum atomic E-state index is -0.960. The van der Waals surface area contributed by atoms with Crippen LogP contribution in [0.3, 0.4) is 0 Å². The van der Waals surface area contributed by atoms with E-state index in [-0.39, 0.29) is 6.04 Å². The molecule has 0 aromatic carbocycles. The molecular weight excluding hydrogens is 304 g/mol. The van der Waals surface area contributed by atoms with Gasteiger partial charge in [0, 0.05) is 6.54 Å². The summed E-state index contributed by atoms with van der Waals surface area (Å²) in [6.45, 7) is 6.60. The van der Waals surface area contributed by atoms with E-state index >= 15 is 0 Å². The summed E-state index contributed by atoms with van der Waals surface area (Å²) in [5, 5.41) is 20.1. The van der Waals surface area contributed by atoms with Crippen LogP contribution in [0.5, 0.6) is 0 Å². The van der Waals surface area contributed by atoms with Gasteiger partial charge in [-0.25, -0.2) is 9.59 Å². The standard InChI is InChI=1S/C10H17NO4.C5H9NO2/c1-10(2,3)15-9(14)11-6-4-5-7(11)8(12)13;7-5(8)4-2-1-3-6-4/h7H,4-6H2,1-3H3,(H,12,13);4,6H,1-3H2,(H,7,8). The van der Waals surface area contributed by atoms with Crippen LogP contribution in [0, 0.1) is 0 Å². The largest absolute Gasteiger partial charge is 0.480 e. The zero-order chi connectivity index (χ0) is 17.6. The molecule has 2 saturated heterocycles. The highest BCUT2D eigenvalue weighted by Crippen LogP contribution is 2.20. The van der Waals surface area contributed by atoms with Gasteiger partial charge in [0.2, 0.25) is 0 Å². The van der Waals surface area contributed by atoms with E-state index in [2.05, 4.69) is 5.32 Å². The molecule has 0 bridgehead atoms. The maximum Gasteiger partial charge on any atom is 0.411 e. The van der Waals surface area contributed by atoms with Crippen LogP contribution in [0.15, 0.2) is 0 Å². The van der Waals surface area contributed by atoms with Crippen molar-refractivity contribution >= 4 is 18.0 Å². The average molecular weight is 330 g/mol. The Morgan fingerprint density at radius 3 is 2.13 bits per heavy atom. The number of hydrogen-bond acceptors (Lipinski definition) is 5. The van der Waals surface area contributed by atoms with Gasteiger partial charge in [-0.1, -0.05) is 0 Å². The maximum atomic E-state index is 11.6. The van der Waals surface area contributed by atoms with Crippen LogP contribution in [-0.2, 0) is 14.3 Å². The average Bonchev–Trinajstić information content (AvgIpc) is 3.09. The first-order chi connectivity index (χ1) is 10.6. The molecule has 1 amide bonds. The van der Waals surface area contributed by atoms with Gasteiger partial charge >= 0.3 is 18.0 Å². The predicted molar refractivity (Wildman–Crippen MR) is 82.3 cm³/mol. The number of carboxylic acid groups (broad SMARTS) is 2. The third-order valence-electron chi connectivity index (χ3n) is 3.52. The molecule has 0 aromatic rings. The fourth-order valence-electron chi connectivity index (χ4n) is 2.46. The summed E-state index contributed by atoms with van der Waals surface area (Å²) in [5.41, 5.74) is -0.581. The van der Waals surface area contributed by atoms with Crippen molar-refractivity contribution < 1.29 is 29.3 Å². The number of hydrogen-bond donors (Lipinski definition) is 3. The lowest BCUT2D eigenvalue weighted by Gasteiger charge is -2.26. The van der Waals surface area contributed by atoms with E-state index in [1.165, 1.54) is 4.90 Å². The van der Waals surface area contributed by atoms with Gasteiger partial charge in [-0.05, 0) is 53.0 Å². The van der Waals surface area contributed by atoms with Crippen LogP contribution >= 0.6 is 0 Å². The number of carbonyl (C=O) groups is 3. The summed E-state index contributed by atoms with van der Waals surface area (Å²) >= 11 is 0. The minimum absolute atomic E-state index is 0.269. The molecule has 0 spiro atoms. The van der Waals surface area contributed by atoms with E-state index < -0.39 is 29.7 Å². The number of likely N-dealkylation sites (tertiary alicyclic amines) is 1. The fourth-order valence-corrected chi connectivity index (χ4v) is 2.46. The predicted octanol–water partition coefficient (Wildman–Crippen LogP) is 1.29. The number of amides is 1. The molecule has 8 heteroatoms. The molecule has 2 heterocycles. The van der Waals surface area contributed by atoms with Crippen LogP contribution in [0.4, 0.5) is 4.79 Å². The Morgan fingerprint density at radius 1 is 1.09 bits per heavy atom. The first-order valence-corrected chi connectivity index (χ1v) is 7.80. The molecule has 0 aromatic heterocycles. The van der Waals surface area contributed by atoms with Gasteiger partial charge in [-0.15, -0.1) is 0 Å². The van der Waals surface area contributed by atoms with E-state index in [9.17, 15) is 14.4 Å². The second-order valence-electron chi connectivity index (χ2n) is 6.66. The molecule has 8 nitrogen and oxygen atoms in total. The molecule has 2 unspecified atom stereocenters. The van der Waals surface area contributed by atoms with Gasteiger partial charge in [-0.2, -0.15) is 0 Å².